The van der Waals surface area contributed by atoms with E-state index < -0.39 is 0 Å². The Morgan fingerprint density at radius 3 is 2.52 bits per heavy atom. The molecule has 4 rings (SSSR count). The van der Waals surface area contributed by atoms with Crippen LogP contribution < -0.4 is 15.4 Å². The predicted octanol–water partition coefficient (Wildman–Crippen LogP) is 3.23. The number of benzene rings is 1. The molecule has 1 aliphatic carbocycles. The molecule has 1 aliphatic heterocycles. The number of urea groups is 1. The Hall–Kier alpha value is -2.64. The van der Waals surface area contributed by atoms with Crippen LogP contribution in [0, 0.1) is 0 Å². The highest BCUT2D eigenvalue weighted by Gasteiger charge is 2.17. The van der Waals surface area contributed by atoms with E-state index in [9.17, 15) is 4.79 Å². The average molecular weight is 425 g/mol. The van der Waals surface area contributed by atoms with E-state index in [1.54, 1.807) is 6.20 Å². The quantitative estimate of drug-likeness (QED) is 0.681. The summed E-state index contributed by atoms with van der Waals surface area (Å²) in [6.07, 6.45) is 6.76. The Labute approximate surface area is 184 Å². The van der Waals surface area contributed by atoms with Crippen molar-refractivity contribution >= 4 is 6.03 Å². The molecule has 2 aromatic rings. The molecule has 0 atom stereocenters. The molecule has 1 aromatic carbocycles. The Morgan fingerprint density at radius 1 is 1.03 bits per heavy atom. The van der Waals surface area contributed by atoms with Crippen molar-refractivity contribution in [2.24, 2.45) is 0 Å². The summed E-state index contributed by atoms with van der Waals surface area (Å²) in [4.78, 5) is 19.1. The second kappa shape index (κ2) is 11.1. The SMILES string of the molecule is O=C(NCc1ccc(OC2CCCC2)nc1)NCc1ccccc1CN1CCOCC1. The number of hydrogen-bond donors (Lipinski definition) is 2. The topological polar surface area (TPSA) is 75.7 Å². The molecule has 1 saturated carbocycles. The molecule has 2 aliphatic rings. The van der Waals surface area contributed by atoms with Gasteiger partial charge in [-0.3, -0.25) is 4.90 Å². The molecule has 2 fully saturated rings. The number of morpholine rings is 1. The minimum atomic E-state index is -0.188. The van der Waals surface area contributed by atoms with Crippen molar-refractivity contribution in [2.45, 2.75) is 51.4 Å². The van der Waals surface area contributed by atoms with E-state index in [0.29, 0.717) is 25.1 Å². The van der Waals surface area contributed by atoms with Crippen molar-refractivity contribution in [2.75, 3.05) is 26.3 Å². The molecule has 0 radical (unpaired) electrons. The lowest BCUT2D eigenvalue weighted by atomic mass is 10.1. The van der Waals surface area contributed by atoms with Gasteiger partial charge in [0.25, 0.3) is 0 Å². The Kier molecular flexibility index (Phi) is 7.74. The highest BCUT2D eigenvalue weighted by atomic mass is 16.5. The van der Waals surface area contributed by atoms with E-state index >= 15 is 0 Å². The van der Waals surface area contributed by atoms with E-state index in [-0.39, 0.29) is 6.03 Å². The van der Waals surface area contributed by atoms with Gasteiger partial charge in [0.05, 0.1) is 13.2 Å². The Bertz CT molecular complexity index is 831. The van der Waals surface area contributed by atoms with Crippen LogP contribution in [0.4, 0.5) is 4.79 Å². The molecule has 2 amide bonds. The van der Waals surface area contributed by atoms with E-state index in [1.165, 1.54) is 18.4 Å². The molecule has 7 nitrogen and oxygen atoms in total. The van der Waals surface area contributed by atoms with Crippen LogP contribution in [-0.4, -0.2) is 48.3 Å². The zero-order valence-electron chi connectivity index (χ0n) is 18.0. The van der Waals surface area contributed by atoms with Crippen molar-refractivity contribution in [3.63, 3.8) is 0 Å². The lowest BCUT2D eigenvalue weighted by molar-refractivity contribution is 0.0341. The monoisotopic (exact) mass is 424 g/mol. The van der Waals surface area contributed by atoms with Crippen LogP contribution >= 0.6 is 0 Å². The van der Waals surface area contributed by atoms with Crippen LogP contribution in [0.5, 0.6) is 5.88 Å². The number of ether oxygens (including phenoxy) is 2. The number of rotatable bonds is 8. The molecular formula is C24H32N4O3. The number of amides is 2. The van der Waals surface area contributed by atoms with Crippen LogP contribution in [0.25, 0.3) is 0 Å². The first-order valence-electron chi connectivity index (χ1n) is 11.3. The number of carbonyl (C=O) groups is 1. The Balaban J connectivity index is 1.21. The van der Waals surface area contributed by atoms with Gasteiger partial charge in [0, 0.05) is 45.0 Å². The summed E-state index contributed by atoms with van der Waals surface area (Å²) in [5, 5.41) is 5.87. The van der Waals surface area contributed by atoms with Gasteiger partial charge in [0.2, 0.25) is 5.88 Å². The summed E-state index contributed by atoms with van der Waals surface area (Å²) in [7, 11) is 0. The van der Waals surface area contributed by atoms with Crippen LogP contribution in [0.3, 0.4) is 0 Å². The molecule has 7 heteroatoms. The smallest absolute Gasteiger partial charge is 0.315 e. The van der Waals surface area contributed by atoms with Gasteiger partial charge in [-0.05, 0) is 42.4 Å². The van der Waals surface area contributed by atoms with Gasteiger partial charge < -0.3 is 20.1 Å². The molecular weight excluding hydrogens is 392 g/mol. The van der Waals surface area contributed by atoms with Gasteiger partial charge in [-0.25, -0.2) is 9.78 Å². The van der Waals surface area contributed by atoms with E-state index in [4.69, 9.17) is 9.47 Å². The lowest BCUT2D eigenvalue weighted by Gasteiger charge is -2.27. The van der Waals surface area contributed by atoms with Crippen molar-refractivity contribution in [3.05, 3.63) is 59.3 Å². The summed E-state index contributed by atoms with van der Waals surface area (Å²) in [6, 6.07) is 11.9. The van der Waals surface area contributed by atoms with Gasteiger partial charge in [-0.1, -0.05) is 30.3 Å². The summed E-state index contributed by atoms with van der Waals surface area (Å²) in [5.74, 6) is 0.664. The van der Waals surface area contributed by atoms with Crippen LogP contribution in [-0.2, 0) is 24.4 Å². The van der Waals surface area contributed by atoms with E-state index in [2.05, 4.69) is 32.7 Å². The number of pyridine rings is 1. The largest absolute Gasteiger partial charge is 0.474 e. The molecule has 1 aromatic heterocycles. The zero-order valence-corrected chi connectivity index (χ0v) is 18.0. The minimum Gasteiger partial charge on any atom is -0.474 e. The first kappa shape index (κ1) is 21.6. The zero-order chi connectivity index (χ0) is 21.3. The van der Waals surface area contributed by atoms with Crippen molar-refractivity contribution in [1.29, 1.82) is 0 Å². The van der Waals surface area contributed by atoms with Crippen molar-refractivity contribution < 1.29 is 14.3 Å². The second-order valence-electron chi connectivity index (χ2n) is 8.22. The molecule has 31 heavy (non-hydrogen) atoms. The molecule has 166 valence electrons. The maximum absolute atomic E-state index is 12.3. The fraction of sp³-hybridized carbons (Fsp3) is 0.500. The maximum Gasteiger partial charge on any atom is 0.315 e. The third-order valence-electron chi connectivity index (χ3n) is 5.90. The maximum atomic E-state index is 12.3. The van der Waals surface area contributed by atoms with Crippen LogP contribution in [0.15, 0.2) is 42.6 Å². The first-order chi connectivity index (χ1) is 15.3. The van der Waals surface area contributed by atoms with Crippen molar-refractivity contribution in [3.8, 4) is 5.88 Å². The summed E-state index contributed by atoms with van der Waals surface area (Å²) < 4.78 is 11.3. The lowest BCUT2D eigenvalue weighted by Crippen LogP contribution is -2.37. The average Bonchev–Trinajstić information content (AvgIpc) is 3.32. The number of carbonyl (C=O) groups excluding carboxylic acids is 1. The van der Waals surface area contributed by atoms with Gasteiger partial charge in [-0.2, -0.15) is 0 Å². The van der Waals surface area contributed by atoms with Gasteiger partial charge in [0.1, 0.15) is 6.10 Å². The van der Waals surface area contributed by atoms with Crippen LogP contribution in [0.1, 0.15) is 42.4 Å². The number of hydrogen-bond acceptors (Lipinski definition) is 5. The van der Waals surface area contributed by atoms with Gasteiger partial charge in [0.15, 0.2) is 0 Å². The third kappa shape index (κ3) is 6.67. The fourth-order valence-electron chi connectivity index (χ4n) is 4.07. The highest BCUT2D eigenvalue weighted by Crippen LogP contribution is 2.22. The van der Waals surface area contributed by atoms with Crippen LogP contribution in [0.2, 0.25) is 0 Å². The molecule has 0 spiro atoms. The number of nitrogens with one attached hydrogen (secondary N) is 2. The number of nitrogens with zero attached hydrogens (tertiary/aromatic N) is 2. The minimum absolute atomic E-state index is 0.188. The normalized spacial score (nSPS) is 17.4. The number of aromatic nitrogens is 1. The summed E-state index contributed by atoms with van der Waals surface area (Å²) >= 11 is 0. The summed E-state index contributed by atoms with van der Waals surface area (Å²) in [6.45, 7) is 5.26. The second-order valence-corrected chi connectivity index (χ2v) is 8.22. The van der Waals surface area contributed by atoms with Crippen molar-refractivity contribution in [1.82, 2.24) is 20.5 Å². The van der Waals surface area contributed by atoms with Gasteiger partial charge in [-0.15, -0.1) is 0 Å². The fourth-order valence-corrected chi connectivity index (χ4v) is 4.07. The van der Waals surface area contributed by atoms with E-state index in [0.717, 1.165) is 56.8 Å². The predicted molar refractivity (Wildman–Crippen MR) is 119 cm³/mol. The molecule has 2 N–H and O–H groups in total. The standard InChI is InChI=1S/C24H32N4O3/c29-24(26-16-19-9-10-23(25-15-19)31-22-7-3-4-8-22)27-17-20-5-1-2-6-21(20)18-28-11-13-30-14-12-28/h1-2,5-6,9-10,15,22H,3-4,7-8,11-14,16-18H2,(H2,26,27,29). The summed E-state index contributed by atoms with van der Waals surface area (Å²) in [5.41, 5.74) is 3.33. The van der Waals surface area contributed by atoms with E-state index in [1.807, 2.05) is 24.3 Å². The molecule has 0 bridgehead atoms. The molecule has 1 saturated heterocycles. The molecule has 0 unspecified atom stereocenters. The highest BCUT2D eigenvalue weighted by molar-refractivity contribution is 5.73. The third-order valence-corrected chi connectivity index (χ3v) is 5.90. The molecule has 2 heterocycles. The van der Waals surface area contributed by atoms with Gasteiger partial charge >= 0.3 is 6.03 Å². The Morgan fingerprint density at radius 2 is 1.77 bits per heavy atom. The first-order valence-corrected chi connectivity index (χ1v) is 11.3.